The van der Waals surface area contributed by atoms with E-state index in [1.54, 1.807) is 19.1 Å². The number of carbonyl (C=O) groups is 2. The van der Waals surface area contributed by atoms with Crippen molar-refractivity contribution < 1.29 is 22.7 Å². The topological polar surface area (TPSA) is 125 Å². The summed E-state index contributed by atoms with van der Waals surface area (Å²) in [5.41, 5.74) is 0.828. The van der Waals surface area contributed by atoms with Crippen LogP contribution in [0.2, 0.25) is 0 Å². The van der Waals surface area contributed by atoms with Crippen LogP contribution in [0.3, 0.4) is 0 Å². The van der Waals surface area contributed by atoms with Crippen molar-refractivity contribution in [2.45, 2.75) is 11.8 Å². The molecule has 3 aromatic rings. The maximum Gasteiger partial charge on any atom is 0.348 e. The number of benzene rings is 2. The Morgan fingerprint density at radius 1 is 1.10 bits per heavy atom. The predicted octanol–water partition coefficient (Wildman–Crippen LogP) is 3.85. The Labute approximate surface area is 183 Å². The zero-order chi connectivity index (χ0) is 22.4. The third-order valence-corrected chi connectivity index (χ3v) is 6.35. The fourth-order valence-electron chi connectivity index (χ4n) is 2.53. The number of amides is 1. The summed E-state index contributed by atoms with van der Waals surface area (Å²) in [6.07, 6.45) is 0. The van der Waals surface area contributed by atoms with Crippen molar-refractivity contribution >= 4 is 43.9 Å². The van der Waals surface area contributed by atoms with Gasteiger partial charge < -0.3 is 10.1 Å². The van der Waals surface area contributed by atoms with Gasteiger partial charge in [-0.25, -0.2) is 13.2 Å². The van der Waals surface area contributed by atoms with Gasteiger partial charge in [-0.3, -0.25) is 9.52 Å². The van der Waals surface area contributed by atoms with Crippen LogP contribution in [0, 0.1) is 11.3 Å². The maximum absolute atomic E-state index is 12.7. The highest BCUT2D eigenvalue weighted by molar-refractivity contribution is 7.92. The number of thiophene rings is 1. The zero-order valence-electron chi connectivity index (χ0n) is 16.3. The van der Waals surface area contributed by atoms with E-state index in [1.807, 2.05) is 6.07 Å². The maximum atomic E-state index is 12.7. The van der Waals surface area contributed by atoms with Crippen LogP contribution in [-0.2, 0) is 14.8 Å². The summed E-state index contributed by atoms with van der Waals surface area (Å²) in [5, 5.41) is 11.9. The molecule has 0 bridgehead atoms. The second-order valence-corrected chi connectivity index (χ2v) is 8.93. The SMILES string of the molecule is CCOC(=O)c1ccc(NC(=O)c2cccc(S(=O)(=O)Nc3ccc(C#N)cc3)c2)s1. The molecule has 158 valence electrons. The molecule has 2 aromatic carbocycles. The number of sulfonamides is 1. The first kappa shape index (κ1) is 22.0. The lowest BCUT2D eigenvalue weighted by Gasteiger charge is -2.09. The first-order chi connectivity index (χ1) is 14.8. The molecule has 0 saturated carbocycles. The molecule has 0 radical (unpaired) electrons. The molecule has 1 aromatic heterocycles. The van der Waals surface area contributed by atoms with Gasteiger partial charge in [-0.15, -0.1) is 11.3 Å². The molecule has 0 aliphatic heterocycles. The van der Waals surface area contributed by atoms with Gasteiger partial charge in [0, 0.05) is 11.3 Å². The fraction of sp³-hybridized carbons (Fsp3) is 0.0952. The molecule has 1 amide bonds. The third-order valence-electron chi connectivity index (χ3n) is 3.99. The van der Waals surface area contributed by atoms with Crippen molar-refractivity contribution in [1.82, 2.24) is 0 Å². The molecular weight excluding hydrogens is 438 g/mol. The Morgan fingerprint density at radius 2 is 1.84 bits per heavy atom. The lowest BCUT2D eigenvalue weighted by Crippen LogP contribution is -2.15. The summed E-state index contributed by atoms with van der Waals surface area (Å²) in [6, 6.07) is 16.6. The molecular formula is C21H17N3O5S2. The molecule has 0 aliphatic carbocycles. The van der Waals surface area contributed by atoms with E-state index < -0.39 is 21.9 Å². The van der Waals surface area contributed by atoms with Gasteiger partial charge in [-0.05, 0) is 61.5 Å². The van der Waals surface area contributed by atoms with Crippen LogP contribution in [0.1, 0.15) is 32.5 Å². The monoisotopic (exact) mass is 455 g/mol. The van der Waals surface area contributed by atoms with E-state index in [4.69, 9.17) is 10.00 Å². The van der Waals surface area contributed by atoms with Crippen LogP contribution in [0.15, 0.2) is 65.6 Å². The Balaban J connectivity index is 1.75. The zero-order valence-corrected chi connectivity index (χ0v) is 17.9. The minimum Gasteiger partial charge on any atom is -0.462 e. The Kier molecular flexibility index (Phi) is 6.69. The molecule has 31 heavy (non-hydrogen) atoms. The van der Waals surface area contributed by atoms with Gasteiger partial charge in [0.2, 0.25) is 0 Å². The average Bonchev–Trinajstić information content (AvgIpc) is 3.23. The first-order valence-corrected chi connectivity index (χ1v) is 11.3. The van der Waals surface area contributed by atoms with Crippen LogP contribution in [0.5, 0.6) is 0 Å². The van der Waals surface area contributed by atoms with E-state index in [1.165, 1.54) is 48.5 Å². The second-order valence-electron chi connectivity index (χ2n) is 6.16. The Hall–Kier alpha value is -3.68. The van der Waals surface area contributed by atoms with Gasteiger partial charge in [0.15, 0.2) is 0 Å². The van der Waals surface area contributed by atoms with E-state index in [0.29, 0.717) is 21.1 Å². The molecule has 1 heterocycles. The van der Waals surface area contributed by atoms with Crippen molar-refractivity contribution in [2.75, 3.05) is 16.6 Å². The van der Waals surface area contributed by atoms with Crippen LogP contribution in [0.25, 0.3) is 0 Å². The number of hydrogen-bond acceptors (Lipinski definition) is 7. The second kappa shape index (κ2) is 9.42. The van der Waals surface area contributed by atoms with Gasteiger partial charge in [0.25, 0.3) is 15.9 Å². The number of nitriles is 1. The summed E-state index contributed by atoms with van der Waals surface area (Å²) in [6.45, 7) is 1.95. The number of ether oxygens (including phenoxy) is 1. The normalized spacial score (nSPS) is 10.7. The first-order valence-electron chi connectivity index (χ1n) is 9.04. The molecule has 8 nitrogen and oxygen atoms in total. The molecule has 0 aliphatic rings. The van der Waals surface area contributed by atoms with Crippen LogP contribution in [0.4, 0.5) is 10.7 Å². The summed E-state index contributed by atoms with van der Waals surface area (Å²) >= 11 is 1.06. The van der Waals surface area contributed by atoms with Crippen molar-refractivity contribution in [1.29, 1.82) is 5.26 Å². The standard InChI is InChI=1S/C21H17N3O5S2/c1-2-29-21(26)18-10-11-19(30-18)23-20(25)15-4-3-5-17(12-15)31(27,28)24-16-8-6-14(13-22)7-9-16/h3-12,24H,2H2,1H3,(H,23,25). The number of carbonyl (C=O) groups excluding carboxylic acids is 2. The lowest BCUT2D eigenvalue weighted by atomic mass is 10.2. The van der Waals surface area contributed by atoms with Crippen molar-refractivity contribution in [3.8, 4) is 6.07 Å². The lowest BCUT2D eigenvalue weighted by molar-refractivity contribution is 0.0532. The van der Waals surface area contributed by atoms with E-state index in [9.17, 15) is 18.0 Å². The highest BCUT2D eigenvalue weighted by Gasteiger charge is 2.18. The molecule has 0 saturated heterocycles. The largest absolute Gasteiger partial charge is 0.462 e. The molecule has 0 fully saturated rings. The van der Waals surface area contributed by atoms with Gasteiger partial charge in [0.1, 0.15) is 4.88 Å². The summed E-state index contributed by atoms with van der Waals surface area (Å²) < 4.78 is 32.7. The molecule has 0 atom stereocenters. The number of anilines is 2. The number of hydrogen-bond donors (Lipinski definition) is 2. The summed E-state index contributed by atoms with van der Waals surface area (Å²) in [4.78, 5) is 24.6. The van der Waals surface area contributed by atoms with E-state index in [2.05, 4.69) is 10.0 Å². The average molecular weight is 456 g/mol. The Morgan fingerprint density at radius 3 is 2.52 bits per heavy atom. The highest BCUT2D eigenvalue weighted by atomic mass is 32.2. The quantitative estimate of drug-likeness (QED) is 0.521. The fourth-order valence-corrected chi connectivity index (χ4v) is 4.43. The van der Waals surface area contributed by atoms with Gasteiger partial charge in [-0.1, -0.05) is 6.07 Å². The van der Waals surface area contributed by atoms with E-state index in [0.717, 1.165) is 11.3 Å². The van der Waals surface area contributed by atoms with Crippen LogP contribution >= 0.6 is 11.3 Å². The number of nitrogens with one attached hydrogen (secondary N) is 2. The van der Waals surface area contributed by atoms with Gasteiger partial charge >= 0.3 is 5.97 Å². The molecule has 0 spiro atoms. The summed E-state index contributed by atoms with van der Waals surface area (Å²) in [5.74, 6) is -0.998. The molecule has 2 N–H and O–H groups in total. The highest BCUT2D eigenvalue weighted by Crippen LogP contribution is 2.24. The smallest absolute Gasteiger partial charge is 0.348 e. The van der Waals surface area contributed by atoms with E-state index >= 15 is 0 Å². The number of nitrogens with zero attached hydrogens (tertiary/aromatic N) is 1. The molecule has 0 unspecified atom stereocenters. The van der Waals surface area contributed by atoms with Crippen LogP contribution in [-0.4, -0.2) is 26.9 Å². The van der Waals surface area contributed by atoms with Crippen molar-refractivity contribution in [2.24, 2.45) is 0 Å². The van der Waals surface area contributed by atoms with Crippen molar-refractivity contribution in [3.05, 3.63) is 76.7 Å². The Bertz CT molecular complexity index is 1260. The van der Waals surface area contributed by atoms with Gasteiger partial charge in [0.05, 0.1) is 28.1 Å². The molecule has 3 rings (SSSR count). The minimum atomic E-state index is -3.95. The molecule has 10 heteroatoms. The number of rotatable bonds is 7. The third kappa shape index (κ3) is 5.48. The predicted molar refractivity (Wildman–Crippen MR) is 117 cm³/mol. The number of esters is 1. The van der Waals surface area contributed by atoms with Crippen LogP contribution < -0.4 is 10.0 Å². The van der Waals surface area contributed by atoms with E-state index in [-0.39, 0.29) is 17.1 Å². The minimum absolute atomic E-state index is 0.0945. The van der Waals surface area contributed by atoms with Crippen molar-refractivity contribution in [3.63, 3.8) is 0 Å². The van der Waals surface area contributed by atoms with Gasteiger partial charge in [-0.2, -0.15) is 5.26 Å². The summed E-state index contributed by atoms with van der Waals surface area (Å²) in [7, 11) is -3.95.